The zero-order valence-electron chi connectivity index (χ0n) is 13.4. The van der Waals surface area contributed by atoms with Gasteiger partial charge in [-0.15, -0.1) is 11.3 Å². The molecule has 0 aliphatic heterocycles. The number of rotatable bonds is 6. The number of carboxylic acid groups (broad SMARTS) is 1. The number of amides is 1. The molecule has 3 rings (SSSR count). The lowest BCUT2D eigenvalue weighted by Crippen LogP contribution is -2.26. The van der Waals surface area contributed by atoms with Crippen LogP contribution in [0.2, 0.25) is 0 Å². The van der Waals surface area contributed by atoms with E-state index in [2.05, 4.69) is 5.32 Å². The van der Waals surface area contributed by atoms with Gasteiger partial charge in [-0.3, -0.25) is 0 Å². The summed E-state index contributed by atoms with van der Waals surface area (Å²) in [6, 6.07) is 16.9. The largest absolute Gasteiger partial charge is 0.477 e. The van der Waals surface area contributed by atoms with Crippen molar-refractivity contribution >= 4 is 33.5 Å². The molecular formula is C19H17NO4S. The third kappa shape index (κ3) is 4.36. The Bertz CT molecular complexity index is 889. The second kappa shape index (κ2) is 7.81. The van der Waals surface area contributed by atoms with Crippen LogP contribution in [-0.2, 0) is 17.8 Å². The number of thiophene rings is 1. The highest BCUT2D eigenvalue weighted by Gasteiger charge is 2.11. The van der Waals surface area contributed by atoms with Crippen molar-refractivity contribution in [2.75, 3.05) is 6.54 Å². The van der Waals surface area contributed by atoms with E-state index in [4.69, 9.17) is 9.84 Å². The van der Waals surface area contributed by atoms with Gasteiger partial charge in [0.05, 0.1) is 0 Å². The molecule has 128 valence electrons. The molecule has 25 heavy (non-hydrogen) atoms. The maximum atomic E-state index is 11.8. The van der Waals surface area contributed by atoms with Gasteiger partial charge in [-0.1, -0.05) is 42.5 Å². The van der Waals surface area contributed by atoms with Gasteiger partial charge in [0.1, 0.15) is 11.5 Å². The number of carboxylic acids is 1. The number of ether oxygens (including phenoxy) is 1. The number of benzene rings is 2. The minimum atomic E-state index is -0.922. The van der Waals surface area contributed by atoms with Crippen LogP contribution >= 0.6 is 11.3 Å². The van der Waals surface area contributed by atoms with Crippen molar-refractivity contribution in [3.05, 3.63) is 70.6 Å². The molecular weight excluding hydrogens is 338 g/mol. The maximum Gasteiger partial charge on any atom is 0.407 e. The van der Waals surface area contributed by atoms with Gasteiger partial charge in [0.25, 0.3) is 0 Å². The molecule has 6 heteroatoms. The quantitative estimate of drug-likeness (QED) is 0.699. The minimum absolute atomic E-state index is 0.231. The van der Waals surface area contributed by atoms with E-state index in [0.29, 0.717) is 17.8 Å². The van der Waals surface area contributed by atoms with Crippen LogP contribution in [0.1, 0.15) is 20.8 Å². The number of nitrogens with one attached hydrogen (secondary N) is 1. The summed E-state index contributed by atoms with van der Waals surface area (Å²) < 4.78 is 6.10. The second-order valence-corrected chi connectivity index (χ2v) is 6.57. The first-order valence-corrected chi connectivity index (χ1v) is 8.64. The highest BCUT2D eigenvalue weighted by Crippen LogP contribution is 2.28. The highest BCUT2D eigenvalue weighted by atomic mass is 32.1. The van der Waals surface area contributed by atoms with Crippen LogP contribution < -0.4 is 5.32 Å². The Morgan fingerprint density at radius 3 is 2.64 bits per heavy atom. The molecule has 0 aliphatic rings. The van der Waals surface area contributed by atoms with Crippen molar-refractivity contribution in [3.63, 3.8) is 0 Å². The summed E-state index contributed by atoms with van der Waals surface area (Å²) in [5.74, 6) is -0.922. The van der Waals surface area contributed by atoms with E-state index in [-0.39, 0.29) is 6.61 Å². The van der Waals surface area contributed by atoms with E-state index in [9.17, 15) is 9.59 Å². The Morgan fingerprint density at radius 1 is 1.08 bits per heavy atom. The summed E-state index contributed by atoms with van der Waals surface area (Å²) in [5.41, 5.74) is 1.94. The minimum Gasteiger partial charge on any atom is -0.477 e. The zero-order chi connectivity index (χ0) is 17.6. The van der Waals surface area contributed by atoms with Crippen LogP contribution in [0.25, 0.3) is 10.1 Å². The van der Waals surface area contributed by atoms with E-state index in [0.717, 1.165) is 21.2 Å². The van der Waals surface area contributed by atoms with Crippen molar-refractivity contribution in [2.45, 2.75) is 13.0 Å². The third-order valence-corrected chi connectivity index (χ3v) is 4.83. The van der Waals surface area contributed by atoms with Gasteiger partial charge >= 0.3 is 12.1 Å². The normalized spacial score (nSPS) is 10.6. The van der Waals surface area contributed by atoms with Crippen molar-refractivity contribution in [1.29, 1.82) is 0 Å². The van der Waals surface area contributed by atoms with E-state index >= 15 is 0 Å². The molecule has 5 nitrogen and oxygen atoms in total. The Hall–Kier alpha value is -2.86. The predicted octanol–water partition coefficient (Wildman–Crippen LogP) is 4.07. The summed E-state index contributed by atoms with van der Waals surface area (Å²) in [5, 5.41) is 12.8. The lowest BCUT2D eigenvalue weighted by atomic mass is 10.1. The molecule has 0 spiro atoms. The fourth-order valence-electron chi connectivity index (χ4n) is 2.52. The molecule has 0 saturated heterocycles. The smallest absolute Gasteiger partial charge is 0.407 e. The molecule has 1 amide bonds. The van der Waals surface area contributed by atoms with Gasteiger partial charge in [-0.05, 0) is 35.1 Å². The van der Waals surface area contributed by atoms with Gasteiger partial charge < -0.3 is 15.2 Å². The Balaban J connectivity index is 1.54. The summed E-state index contributed by atoms with van der Waals surface area (Å²) in [6.45, 7) is 0.653. The summed E-state index contributed by atoms with van der Waals surface area (Å²) in [6.07, 6.45) is 0.140. The third-order valence-electron chi connectivity index (χ3n) is 3.74. The van der Waals surface area contributed by atoms with E-state index in [1.54, 1.807) is 6.07 Å². The molecule has 3 aromatic rings. The number of carbonyl (C=O) groups is 2. The molecule has 1 aromatic heterocycles. The first-order chi connectivity index (χ1) is 12.1. The van der Waals surface area contributed by atoms with Crippen molar-refractivity contribution in [1.82, 2.24) is 5.32 Å². The van der Waals surface area contributed by atoms with Gasteiger partial charge in [0, 0.05) is 11.2 Å². The summed E-state index contributed by atoms with van der Waals surface area (Å²) in [4.78, 5) is 23.2. The average Bonchev–Trinajstić information content (AvgIpc) is 3.06. The van der Waals surface area contributed by atoms with Crippen LogP contribution in [0, 0.1) is 0 Å². The Morgan fingerprint density at radius 2 is 1.88 bits per heavy atom. The molecule has 0 fully saturated rings. The summed E-state index contributed by atoms with van der Waals surface area (Å²) >= 11 is 1.25. The molecule has 0 saturated carbocycles. The topological polar surface area (TPSA) is 75.6 Å². The number of fused-ring (bicyclic) bond motifs is 1. The lowest BCUT2D eigenvalue weighted by molar-refractivity contribution is 0.0702. The lowest BCUT2D eigenvalue weighted by Gasteiger charge is -2.08. The number of aromatic carboxylic acids is 1. The molecule has 0 aliphatic carbocycles. The van der Waals surface area contributed by atoms with Crippen molar-refractivity contribution in [3.8, 4) is 0 Å². The maximum absolute atomic E-state index is 11.8. The number of hydrogen-bond donors (Lipinski definition) is 2. The molecule has 2 N–H and O–H groups in total. The Labute approximate surface area is 148 Å². The molecule has 0 bridgehead atoms. The van der Waals surface area contributed by atoms with E-state index in [1.165, 1.54) is 11.3 Å². The van der Waals surface area contributed by atoms with Crippen LogP contribution in [0.5, 0.6) is 0 Å². The molecule has 1 heterocycles. The molecule has 2 aromatic carbocycles. The Kier molecular flexibility index (Phi) is 5.30. The van der Waals surface area contributed by atoms with Crippen LogP contribution in [0.15, 0.2) is 54.6 Å². The van der Waals surface area contributed by atoms with Crippen molar-refractivity contribution in [2.24, 2.45) is 0 Å². The zero-order valence-corrected chi connectivity index (χ0v) is 14.2. The monoisotopic (exact) mass is 355 g/mol. The van der Waals surface area contributed by atoms with Crippen LogP contribution in [0.4, 0.5) is 4.79 Å². The number of alkyl carbamates (subject to hydrolysis) is 1. The SMILES string of the molecule is O=C(NCCc1cccc2sc(C(=O)O)cc12)OCc1ccccc1. The summed E-state index contributed by atoms with van der Waals surface area (Å²) in [7, 11) is 0. The van der Waals surface area contributed by atoms with Gasteiger partial charge in [-0.25, -0.2) is 9.59 Å². The van der Waals surface area contributed by atoms with Gasteiger partial charge in [0.2, 0.25) is 0 Å². The van der Waals surface area contributed by atoms with E-state index in [1.807, 2.05) is 48.5 Å². The predicted molar refractivity (Wildman–Crippen MR) is 97.1 cm³/mol. The van der Waals surface area contributed by atoms with Crippen LogP contribution in [-0.4, -0.2) is 23.7 Å². The van der Waals surface area contributed by atoms with Gasteiger partial charge in [0.15, 0.2) is 0 Å². The fourth-order valence-corrected chi connectivity index (χ4v) is 3.47. The molecule has 0 atom stereocenters. The standard InChI is InChI=1S/C19H17NO4S/c21-18(22)17-11-15-14(7-4-8-16(15)25-17)9-10-20-19(23)24-12-13-5-2-1-3-6-13/h1-8,11H,9-10,12H2,(H,20,23)(H,21,22). The van der Waals surface area contributed by atoms with Crippen LogP contribution in [0.3, 0.4) is 0 Å². The molecule has 0 radical (unpaired) electrons. The van der Waals surface area contributed by atoms with E-state index < -0.39 is 12.1 Å². The highest BCUT2D eigenvalue weighted by molar-refractivity contribution is 7.20. The number of carbonyl (C=O) groups excluding carboxylic acids is 1. The first-order valence-electron chi connectivity index (χ1n) is 7.83. The first kappa shape index (κ1) is 17.0. The van der Waals surface area contributed by atoms with Gasteiger partial charge in [-0.2, -0.15) is 0 Å². The average molecular weight is 355 g/mol. The second-order valence-electron chi connectivity index (χ2n) is 5.48. The van der Waals surface area contributed by atoms with Crippen molar-refractivity contribution < 1.29 is 19.4 Å². The fraction of sp³-hybridized carbons (Fsp3) is 0.158. The molecule has 0 unspecified atom stereocenters. The number of hydrogen-bond acceptors (Lipinski definition) is 4.